The van der Waals surface area contributed by atoms with Gasteiger partial charge in [-0.15, -0.1) is 0 Å². The number of alkyl halides is 1. The summed E-state index contributed by atoms with van der Waals surface area (Å²) in [7, 11) is 0. The molecule has 3 nitrogen and oxygen atoms in total. The molecule has 0 bridgehead atoms. The SMILES string of the molecule is O=C(NC(CBr)c1ccccc1)c1ccncc1Cl. The number of amides is 1. The Bertz CT molecular complexity index is 562. The summed E-state index contributed by atoms with van der Waals surface area (Å²) in [6.45, 7) is 0. The van der Waals surface area contributed by atoms with Gasteiger partial charge in [-0.2, -0.15) is 0 Å². The predicted octanol–water partition coefficient (Wildman–Crippen LogP) is 3.60. The molecule has 0 saturated heterocycles. The van der Waals surface area contributed by atoms with E-state index in [-0.39, 0.29) is 11.9 Å². The number of nitrogens with one attached hydrogen (secondary N) is 1. The number of benzene rings is 1. The molecule has 0 aliphatic carbocycles. The first-order valence-corrected chi connectivity index (χ1v) is 7.23. The van der Waals surface area contributed by atoms with Crippen molar-refractivity contribution in [2.45, 2.75) is 6.04 Å². The quantitative estimate of drug-likeness (QED) is 0.865. The van der Waals surface area contributed by atoms with Crippen LogP contribution in [0.2, 0.25) is 5.02 Å². The number of carbonyl (C=O) groups excluding carboxylic acids is 1. The number of pyridine rings is 1. The van der Waals surface area contributed by atoms with Gasteiger partial charge in [0.2, 0.25) is 0 Å². The van der Waals surface area contributed by atoms with E-state index < -0.39 is 0 Å². The van der Waals surface area contributed by atoms with E-state index in [0.717, 1.165) is 5.56 Å². The van der Waals surface area contributed by atoms with Crippen molar-refractivity contribution in [3.63, 3.8) is 0 Å². The van der Waals surface area contributed by atoms with Gasteiger partial charge in [-0.05, 0) is 11.6 Å². The Hall–Kier alpha value is -1.39. The van der Waals surface area contributed by atoms with Gasteiger partial charge in [0.25, 0.3) is 5.91 Å². The van der Waals surface area contributed by atoms with Crippen LogP contribution >= 0.6 is 27.5 Å². The molecule has 98 valence electrons. The van der Waals surface area contributed by atoms with Crippen LogP contribution in [0.15, 0.2) is 48.8 Å². The molecule has 0 aliphatic heterocycles. The van der Waals surface area contributed by atoms with Crippen LogP contribution in [0.4, 0.5) is 0 Å². The van der Waals surface area contributed by atoms with Crippen molar-refractivity contribution in [3.05, 3.63) is 64.9 Å². The number of nitrogens with zero attached hydrogens (tertiary/aromatic N) is 1. The van der Waals surface area contributed by atoms with E-state index >= 15 is 0 Å². The Morgan fingerprint density at radius 1 is 1.32 bits per heavy atom. The average molecular weight is 340 g/mol. The van der Waals surface area contributed by atoms with Crippen molar-refractivity contribution in [2.24, 2.45) is 0 Å². The fraction of sp³-hybridized carbons (Fsp3) is 0.143. The van der Waals surface area contributed by atoms with E-state index in [1.165, 1.54) is 6.20 Å². The molecule has 0 aliphatic rings. The zero-order valence-electron chi connectivity index (χ0n) is 10.0. The summed E-state index contributed by atoms with van der Waals surface area (Å²) in [5.74, 6) is -0.208. The molecule has 1 aromatic heterocycles. The maximum Gasteiger partial charge on any atom is 0.253 e. The molecule has 1 N–H and O–H groups in total. The van der Waals surface area contributed by atoms with Gasteiger partial charge in [-0.25, -0.2) is 0 Å². The summed E-state index contributed by atoms with van der Waals surface area (Å²) in [5, 5.41) is 3.92. The Morgan fingerprint density at radius 3 is 2.68 bits per heavy atom. The lowest BCUT2D eigenvalue weighted by Gasteiger charge is -2.17. The standard InChI is InChI=1S/C14H12BrClN2O/c15-8-13(10-4-2-1-3-5-10)18-14(19)11-6-7-17-9-12(11)16/h1-7,9,13H,8H2,(H,18,19). The van der Waals surface area contributed by atoms with E-state index in [9.17, 15) is 4.79 Å². The van der Waals surface area contributed by atoms with Gasteiger partial charge >= 0.3 is 0 Å². The Morgan fingerprint density at radius 2 is 2.05 bits per heavy atom. The summed E-state index contributed by atoms with van der Waals surface area (Å²) in [4.78, 5) is 16.0. The van der Waals surface area contributed by atoms with Gasteiger partial charge in [0.1, 0.15) is 0 Å². The largest absolute Gasteiger partial charge is 0.344 e. The zero-order valence-corrected chi connectivity index (χ0v) is 12.4. The van der Waals surface area contributed by atoms with Crippen LogP contribution < -0.4 is 5.32 Å². The zero-order chi connectivity index (χ0) is 13.7. The van der Waals surface area contributed by atoms with Crippen LogP contribution in [0.1, 0.15) is 22.0 Å². The fourth-order valence-electron chi connectivity index (χ4n) is 1.69. The van der Waals surface area contributed by atoms with E-state index in [2.05, 4.69) is 26.2 Å². The van der Waals surface area contributed by atoms with E-state index in [0.29, 0.717) is 15.9 Å². The van der Waals surface area contributed by atoms with Crippen LogP contribution in [0.25, 0.3) is 0 Å². The lowest BCUT2D eigenvalue weighted by molar-refractivity contribution is 0.0941. The van der Waals surface area contributed by atoms with E-state index in [4.69, 9.17) is 11.6 Å². The summed E-state index contributed by atoms with van der Waals surface area (Å²) in [5.41, 5.74) is 1.47. The van der Waals surface area contributed by atoms with Crippen LogP contribution in [0, 0.1) is 0 Å². The first kappa shape index (κ1) is 14.0. The molecule has 1 amide bonds. The van der Waals surface area contributed by atoms with Crippen molar-refractivity contribution < 1.29 is 4.79 Å². The summed E-state index contributed by atoms with van der Waals surface area (Å²) < 4.78 is 0. The minimum atomic E-state index is -0.208. The monoisotopic (exact) mass is 338 g/mol. The Labute approximate surface area is 125 Å². The van der Waals surface area contributed by atoms with Gasteiger partial charge in [0, 0.05) is 17.7 Å². The molecular weight excluding hydrogens is 328 g/mol. The van der Waals surface area contributed by atoms with Gasteiger partial charge in [0.15, 0.2) is 0 Å². The summed E-state index contributed by atoms with van der Waals surface area (Å²) in [6.07, 6.45) is 3.01. The number of aromatic nitrogens is 1. The first-order valence-electron chi connectivity index (χ1n) is 5.73. The second-order valence-corrected chi connectivity index (χ2v) is 5.00. The van der Waals surface area contributed by atoms with Crippen molar-refractivity contribution in [1.82, 2.24) is 10.3 Å². The molecule has 1 unspecified atom stereocenters. The van der Waals surface area contributed by atoms with Gasteiger partial charge in [-0.1, -0.05) is 57.9 Å². The molecular formula is C14H12BrClN2O. The molecule has 0 saturated carbocycles. The maximum absolute atomic E-state index is 12.2. The van der Waals surface area contributed by atoms with Crippen LogP contribution in [-0.2, 0) is 0 Å². The van der Waals surface area contributed by atoms with Crippen molar-refractivity contribution in [1.29, 1.82) is 0 Å². The molecule has 1 aromatic carbocycles. The van der Waals surface area contributed by atoms with E-state index in [1.807, 2.05) is 30.3 Å². The highest BCUT2D eigenvalue weighted by Crippen LogP contribution is 2.18. The average Bonchev–Trinajstić information content (AvgIpc) is 2.46. The molecule has 1 atom stereocenters. The molecule has 1 heterocycles. The molecule has 2 aromatic rings. The molecule has 5 heteroatoms. The summed E-state index contributed by atoms with van der Waals surface area (Å²) in [6, 6.07) is 11.3. The number of carbonyl (C=O) groups is 1. The number of hydrogen-bond acceptors (Lipinski definition) is 2. The smallest absolute Gasteiger partial charge is 0.253 e. The molecule has 0 fully saturated rings. The third kappa shape index (κ3) is 3.55. The third-order valence-electron chi connectivity index (χ3n) is 2.68. The minimum absolute atomic E-state index is 0.0991. The highest BCUT2D eigenvalue weighted by atomic mass is 79.9. The van der Waals surface area contributed by atoms with Crippen LogP contribution in [0.3, 0.4) is 0 Å². The molecule has 19 heavy (non-hydrogen) atoms. The van der Waals surface area contributed by atoms with Gasteiger partial charge in [-0.3, -0.25) is 9.78 Å². The minimum Gasteiger partial charge on any atom is -0.344 e. The van der Waals surface area contributed by atoms with Crippen molar-refractivity contribution in [3.8, 4) is 0 Å². The Balaban J connectivity index is 2.16. The fourth-order valence-corrected chi connectivity index (χ4v) is 2.43. The molecule has 0 spiro atoms. The van der Waals surface area contributed by atoms with Crippen molar-refractivity contribution >= 4 is 33.4 Å². The highest BCUT2D eigenvalue weighted by molar-refractivity contribution is 9.09. The van der Waals surface area contributed by atoms with Gasteiger partial charge < -0.3 is 5.32 Å². The number of halogens is 2. The third-order valence-corrected chi connectivity index (χ3v) is 3.63. The number of rotatable bonds is 4. The van der Waals surface area contributed by atoms with E-state index in [1.54, 1.807) is 12.3 Å². The molecule has 2 rings (SSSR count). The first-order chi connectivity index (χ1) is 9.22. The highest BCUT2D eigenvalue weighted by Gasteiger charge is 2.16. The van der Waals surface area contributed by atoms with Gasteiger partial charge in [0.05, 0.1) is 16.6 Å². The summed E-state index contributed by atoms with van der Waals surface area (Å²) >= 11 is 9.37. The lowest BCUT2D eigenvalue weighted by Crippen LogP contribution is -2.29. The Kier molecular flexibility index (Phi) is 4.93. The van der Waals surface area contributed by atoms with Crippen molar-refractivity contribution in [2.75, 3.05) is 5.33 Å². The second-order valence-electron chi connectivity index (χ2n) is 3.95. The second kappa shape index (κ2) is 6.68. The number of hydrogen-bond donors (Lipinski definition) is 1. The van der Waals surface area contributed by atoms with Crippen LogP contribution in [0.5, 0.6) is 0 Å². The maximum atomic E-state index is 12.2. The molecule has 0 radical (unpaired) electrons. The normalized spacial score (nSPS) is 11.9. The van der Waals surface area contributed by atoms with Crippen LogP contribution in [-0.4, -0.2) is 16.2 Å². The lowest BCUT2D eigenvalue weighted by atomic mass is 10.1. The predicted molar refractivity (Wildman–Crippen MR) is 79.7 cm³/mol. The topological polar surface area (TPSA) is 42.0 Å².